The van der Waals surface area contributed by atoms with Crippen LogP contribution in [0.15, 0.2) is 27.6 Å². The van der Waals surface area contributed by atoms with Gasteiger partial charge in [0, 0.05) is 32.1 Å². The van der Waals surface area contributed by atoms with Crippen molar-refractivity contribution >= 4 is 11.7 Å². The van der Waals surface area contributed by atoms with Crippen molar-refractivity contribution in [1.82, 2.24) is 20.1 Å². The monoisotopic (exact) mass is 415 g/mol. The van der Waals surface area contributed by atoms with Crippen molar-refractivity contribution in [1.29, 1.82) is 0 Å². The lowest BCUT2D eigenvalue weighted by Gasteiger charge is -2.37. The first-order valence-electron chi connectivity index (χ1n) is 10.8. The van der Waals surface area contributed by atoms with Crippen LogP contribution in [0.2, 0.25) is 0 Å². The Morgan fingerprint density at radius 1 is 1.23 bits per heavy atom. The molecular weight excluding hydrogens is 386 g/mol. The predicted molar refractivity (Wildman–Crippen MR) is 111 cm³/mol. The standard InChI is InChI=1S/C21H29N5O4/c1-14-23-16(13-30-14)21(29)22-12-15-6-4-5-11-25(15)19-9-10-20(28)26(24-19)17-7-2-3-8-18(17)27/h9-10,13,15,17-18,27H,2-8,11-12H2,1H3,(H,22,29). The van der Waals surface area contributed by atoms with E-state index < -0.39 is 6.10 Å². The average Bonchev–Trinajstić information content (AvgIpc) is 3.20. The number of nitrogens with zero attached hydrogens (tertiary/aromatic N) is 4. The molecule has 3 unspecified atom stereocenters. The smallest absolute Gasteiger partial charge is 0.273 e. The second-order valence-corrected chi connectivity index (χ2v) is 8.20. The number of nitrogens with one attached hydrogen (secondary N) is 1. The molecule has 2 aromatic heterocycles. The fourth-order valence-electron chi connectivity index (χ4n) is 4.47. The van der Waals surface area contributed by atoms with Gasteiger partial charge in [-0.05, 0) is 38.2 Å². The van der Waals surface area contributed by atoms with E-state index in [-0.39, 0.29) is 29.2 Å². The molecule has 2 fully saturated rings. The molecule has 2 N–H and O–H groups in total. The Labute approximate surface area is 175 Å². The average molecular weight is 415 g/mol. The van der Waals surface area contributed by atoms with E-state index in [0.29, 0.717) is 24.7 Å². The summed E-state index contributed by atoms with van der Waals surface area (Å²) in [5.74, 6) is 0.903. The Balaban J connectivity index is 1.50. The Kier molecular flexibility index (Phi) is 6.17. The molecule has 2 aromatic rings. The Hall–Kier alpha value is -2.68. The fourth-order valence-corrected chi connectivity index (χ4v) is 4.47. The molecular formula is C21H29N5O4. The van der Waals surface area contributed by atoms with Crippen LogP contribution in [0.4, 0.5) is 5.82 Å². The van der Waals surface area contributed by atoms with E-state index in [2.05, 4.69) is 20.3 Å². The SMILES string of the molecule is Cc1nc(C(=O)NCC2CCCCN2c2ccc(=O)n(C3CCCCC3O)n2)co1. The molecule has 1 saturated heterocycles. The van der Waals surface area contributed by atoms with E-state index in [0.717, 1.165) is 45.1 Å². The van der Waals surface area contributed by atoms with Crippen LogP contribution in [0.1, 0.15) is 67.4 Å². The molecule has 9 nitrogen and oxygen atoms in total. The number of rotatable bonds is 5. The summed E-state index contributed by atoms with van der Waals surface area (Å²) in [4.78, 5) is 31.0. The number of piperidine rings is 1. The van der Waals surface area contributed by atoms with Gasteiger partial charge < -0.3 is 19.7 Å². The lowest BCUT2D eigenvalue weighted by molar-refractivity contribution is 0.0669. The fraction of sp³-hybridized carbons (Fsp3) is 0.619. The molecule has 1 saturated carbocycles. The van der Waals surface area contributed by atoms with E-state index >= 15 is 0 Å². The number of aryl methyl sites for hydroxylation is 1. The third kappa shape index (κ3) is 4.40. The summed E-state index contributed by atoms with van der Waals surface area (Å²) < 4.78 is 6.57. The number of aliphatic hydroxyl groups excluding tert-OH is 1. The molecule has 9 heteroatoms. The summed E-state index contributed by atoms with van der Waals surface area (Å²) in [6.07, 6.45) is 7.26. The third-order valence-electron chi connectivity index (χ3n) is 6.09. The molecule has 0 bridgehead atoms. The van der Waals surface area contributed by atoms with Crippen molar-refractivity contribution in [2.75, 3.05) is 18.0 Å². The Morgan fingerprint density at radius 2 is 2.03 bits per heavy atom. The minimum Gasteiger partial charge on any atom is -0.448 e. The van der Waals surface area contributed by atoms with Gasteiger partial charge in [0.25, 0.3) is 11.5 Å². The largest absolute Gasteiger partial charge is 0.448 e. The summed E-state index contributed by atoms with van der Waals surface area (Å²) in [7, 11) is 0. The lowest BCUT2D eigenvalue weighted by Crippen LogP contribution is -2.48. The maximum absolute atomic E-state index is 12.5. The number of carbonyl (C=O) groups excluding carboxylic acids is 1. The molecule has 0 spiro atoms. The van der Waals surface area contributed by atoms with Crippen LogP contribution < -0.4 is 15.8 Å². The number of amides is 1. The molecule has 1 amide bonds. The number of carbonyl (C=O) groups is 1. The summed E-state index contributed by atoms with van der Waals surface area (Å²) in [5.41, 5.74) is 0.0841. The van der Waals surface area contributed by atoms with Crippen molar-refractivity contribution < 1.29 is 14.3 Å². The number of oxazole rings is 1. The van der Waals surface area contributed by atoms with Gasteiger partial charge in [0.1, 0.15) is 12.1 Å². The molecule has 3 atom stereocenters. The predicted octanol–water partition coefficient (Wildman–Crippen LogP) is 1.80. The molecule has 30 heavy (non-hydrogen) atoms. The van der Waals surface area contributed by atoms with Gasteiger partial charge in [0.05, 0.1) is 12.1 Å². The number of hydrogen-bond donors (Lipinski definition) is 2. The summed E-state index contributed by atoms with van der Waals surface area (Å²) in [5, 5.41) is 18.0. The zero-order chi connectivity index (χ0) is 21.1. The second kappa shape index (κ2) is 8.99. The van der Waals surface area contributed by atoms with Gasteiger partial charge in [0.15, 0.2) is 11.6 Å². The van der Waals surface area contributed by atoms with E-state index in [1.54, 1.807) is 13.0 Å². The van der Waals surface area contributed by atoms with E-state index in [9.17, 15) is 14.7 Å². The number of aliphatic hydroxyl groups is 1. The Bertz CT molecular complexity index is 939. The molecule has 0 aromatic carbocycles. The van der Waals surface area contributed by atoms with Crippen LogP contribution in [-0.4, -0.2) is 51.0 Å². The van der Waals surface area contributed by atoms with Gasteiger partial charge in [-0.2, -0.15) is 5.10 Å². The highest BCUT2D eigenvalue weighted by Crippen LogP contribution is 2.28. The van der Waals surface area contributed by atoms with Crippen LogP contribution in [0.25, 0.3) is 0 Å². The third-order valence-corrected chi connectivity index (χ3v) is 6.09. The first kappa shape index (κ1) is 20.6. The van der Waals surface area contributed by atoms with Gasteiger partial charge >= 0.3 is 0 Å². The quantitative estimate of drug-likeness (QED) is 0.765. The number of aromatic nitrogens is 3. The minimum atomic E-state index is -0.540. The van der Waals surface area contributed by atoms with Crippen LogP contribution >= 0.6 is 0 Å². The van der Waals surface area contributed by atoms with E-state index in [1.807, 2.05) is 0 Å². The summed E-state index contributed by atoms with van der Waals surface area (Å²) in [6, 6.07) is 3.08. The van der Waals surface area contributed by atoms with Crippen LogP contribution in [0, 0.1) is 6.92 Å². The molecule has 2 aliphatic rings. The zero-order valence-electron chi connectivity index (χ0n) is 17.3. The van der Waals surface area contributed by atoms with E-state index in [4.69, 9.17) is 4.42 Å². The second-order valence-electron chi connectivity index (χ2n) is 8.20. The summed E-state index contributed by atoms with van der Waals surface area (Å²) in [6.45, 7) is 2.96. The molecule has 1 aliphatic heterocycles. The molecule has 3 heterocycles. The van der Waals surface area contributed by atoms with Crippen LogP contribution in [0.5, 0.6) is 0 Å². The van der Waals surface area contributed by atoms with Gasteiger partial charge in [-0.25, -0.2) is 9.67 Å². The maximum atomic E-state index is 12.5. The molecule has 1 aliphatic carbocycles. The topological polar surface area (TPSA) is 113 Å². The molecule has 0 radical (unpaired) electrons. The van der Waals surface area contributed by atoms with Crippen molar-refractivity contribution in [2.24, 2.45) is 0 Å². The lowest BCUT2D eigenvalue weighted by atomic mass is 9.93. The zero-order valence-corrected chi connectivity index (χ0v) is 17.3. The van der Waals surface area contributed by atoms with Crippen molar-refractivity contribution in [3.05, 3.63) is 40.3 Å². The van der Waals surface area contributed by atoms with Crippen LogP contribution in [-0.2, 0) is 0 Å². The normalized spacial score (nSPS) is 24.6. The van der Waals surface area contributed by atoms with Gasteiger partial charge in [-0.1, -0.05) is 12.8 Å². The van der Waals surface area contributed by atoms with Crippen LogP contribution in [0.3, 0.4) is 0 Å². The molecule has 162 valence electrons. The highest BCUT2D eigenvalue weighted by molar-refractivity contribution is 5.91. The van der Waals surface area contributed by atoms with Gasteiger partial charge in [-0.15, -0.1) is 0 Å². The molecule has 4 rings (SSSR count). The highest BCUT2D eigenvalue weighted by Gasteiger charge is 2.29. The minimum absolute atomic E-state index is 0.0745. The first-order chi connectivity index (χ1) is 14.5. The maximum Gasteiger partial charge on any atom is 0.273 e. The van der Waals surface area contributed by atoms with E-state index in [1.165, 1.54) is 17.0 Å². The number of anilines is 1. The Morgan fingerprint density at radius 3 is 2.80 bits per heavy atom. The highest BCUT2D eigenvalue weighted by atomic mass is 16.3. The van der Waals surface area contributed by atoms with Gasteiger partial charge in [0.2, 0.25) is 0 Å². The van der Waals surface area contributed by atoms with Gasteiger partial charge in [-0.3, -0.25) is 9.59 Å². The van der Waals surface area contributed by atoms with Crippen molar-refractivity contribution in [3.63, 3.8) is 0 Å². The van der Waals surface area contributed by atoms with Crippen molar-refractivity contribution in [2.45, 2.75) is 70.1 Å². The van der Waals surface area contributed by atoms with Crippen molar-refractivity contribution in [3.8, 4) is 0 Å². The first-order valence-corrected chi connectivity index (χ1v) is 10.8. The number of hydrogen-bond acceptors (Lipinski definition) is 7. The summed E-state index contributed by atoms with van der Waals surface area (Å²) >= 11 is 0.